The summed E-state index contributed by atoms with van der Waals surface area (Å²) in [6.45, 7) is 7.89. The Balaban J connectivity index is 1.32. The number of nitrogens with zero attached hydrogens (tertiary/aromatic N) is 2. The van der Waals surface area contributed by atoms with E-state index in [1.54, 1.807) is 31.0 Å². The number of hydrogen-bond acceptors (Lipinski definition) is 14. The number of piperazine rings is 1. The van der Waals surface area contributed by atoms with Crippen LogP contribution in [-0.4, -0.2) is 97.0 Å². The zero-order valence-electron chi connectivity index (χ0n) is 31.4. The number of nitrogens with one attached hydrogen (secondary N) is 1. The van der Waals surface area contributed by atoms with Crippen LogP contribution in [0.3, 0.4) is 0 Å². The first kappa shape index (κ1) is 35.3. The van der Waals surface area contributed by atoms with Gasteiger partial charge in [0.05, 0.1) is 31.6 Å². The third-order valence-corrected chi connectivity index (χ3v) is 14.1. The number of rotatable bonds is 3. The molecule has 14 heteroatoms. The number of aromatic hydroxyl groups is 2. The number of hydrogen-bond donors (Lipinski definition) is 3. The van der Waals surface area contributed by atoms with Gasteiger partial charge in [0.25, 0.3) is 0 Å². The van der Waals surface area contributed by atoms with Gasteiger partial charge in [-0.15, -0.1) is 11.8 Å². The van der Waals surface area contributed by atoms with Crippen molar-refractivity contribution in [2.75, 3.05) is 47.0 Å². The first-order valence-electron chi connectivity index (χ1n) is 18.4. The van der Waals surface area contributed by atoms with E-state index in [1.807, 2.05) is 13.8 Å². The van der Waals surface area contributed by atoms with E-state index in [0.717, 1.165) is 33.4 Å². The molecule has 7 heterocycles. The van der Waals surface area contributed by atoms with Crippen molar-refractivity contribution in [3.8, 4) is 40.2 Å². The maximum absolute atomic E-state index is 14.7. The lowest BCUT2D eigenvalue weighted by atomic mass is 9.71. The van der Waals surface area contributed by atoms with E-state index < -0.39 is 28.8 Å². The number of thioether (sulfide) groups is 1. The highest BCUT2D eigenvalue weighted by molar-refractivity contribution is 7.99. The molecule has 0 aromatic heterocycles. The van der Waals surface area contributed by atoms with Crippen molar-refractivity contribution < 1.29 is 48.2 Å². The molecule has 2 fully saturated rings. The molecule has 0 radical (unpaired) electrons. The Kier molecular flexibility index (Phi) is 8.24. The van der Waals surface area contributed by atoms with Crippen LogP contribution in [0.5, 0.6) is 40.2 Å². The summed E-state index contributed by atoms with van der Waals surface area (Å²) in [7, 11) is 5.18. The number of ether oxygens (including phenoxy) is 6. The van der Waals surface area contributed by atoms with E-state index in [-0.39, 0.29) is 60.6 Å². The molecule has 0 aliphatic carbocycles. The second kappa shape index (κ2) is 12.6. The van der Waals surface area contributed by atoms with Gasteiger partial charge >= 0.3 is 11.9 Å². The Labute approximate surface area is 317 Å². The lowest BCUT2D eigenvalue weighted by molar-refractivity contribution is -0.158. The van der Waals surface area contributed by atoms with Crippen molar-refractivity contribution >= 4 is 23.7 Å². The molecule has 7 aliphatic rings. The quantitative estimate of drug-likeness (QED) is 0.255. The normalized spacial score (nSPS) is 29.4. The summed E-state index contributed by atoms with van der Waals surface area (Å²) in [6, 6.07) is 4.38. The van der Waals surface area contributed by atoms with Crippen molar-refractivity contribution in [1.29, 1.82) is 0 Å². The van der Waals surface area contributed by atoms with E-state index in [2.05, 4.69) is 35.2 Å². The molecule has 10 rings (SSSR count). The number of carbonyl (C=O) groups excluding carboxylic acids is 2. The molecule has 1 spiro atoms. The topological polar surface area (TPSA) is 148 Å². The number of benzene rings is 3. The van der Waals surface area contributed by atoms with Gasteiger partial charge in [0.2, 0.25) is 6.79 Å². The van der Waals surface area contributed by atoms with Crippen LogP contribution in [0, 0.1) is 13.8 Å². The molecule has 4 bridgehead atoms. The minimum atomic E-state index is -1.30. The number of phenols is 2. The number of carbonyl (C=O) groups is 2. The molecule has 13 nitrogen and oxygen atoms in total. The van der Waals surface area contributed by atoms with Crippen LogP contribution in [0.15, 0.2) is 18.2 Å². The number of esters is 2. The summed E-state index contributed by atoms with van der Waals surface area (Å²) in [5, 5.41) is 25.9. The van der Waals surface area contributed by atoms with Gasteiger partial charge < -0.3 is 38.6 Å². The average Bonchev–Trinajstić information content (AvgIpc) is 3.63. The lowest BCUT2D eigenvalue weighted by Gasteiger charge is -2.63. The Hall–Kier alpha value is -4.37. The molecular weight excluding hydrogens is 715 g/mol. The fourth-order valence-electron chi connectivity index (χ4n) is 10.4. The lowest BCUT2D eigenvalue weighted by Crippen LogP contribution is -2.69. The first-order chi connectivity index (χ1) is 25.9. The molecule has 7 unspecified atom stereocenters. The molecule has 0 saturated carbocycles. The predicted octanol–water partition coefficient (Wildman–Crippen LogP) is 4.48. The molecule has 3 aromatic carbocycles. The van der Waals surface area contributed by atoms with Gasteiger partial charge in [-0.25, -0.2) is 4.79 Å². The predicted molar refractivity (Wildman–Crippen MR) is 198 cm³/mol. The summed E-state index contributed by atoms with van der Waals surface area (Å²) in [5.74, 6) is 1.64. The fourth-order valence-corrected chi connectivity index (χ4v) is 12.1. The van der Waals surface area contributed by atoms with E-state index in [0.29, 0.717) is 53.5 Å². The SMILES string of the molecule is COc1cc2c(cc1O)CCNC21CSC2c3c(OC(C)=O)c(C)c4c(c3C(COC1=O)N1C(C)C3Cc5cc(C)c(OC)c(O)c5C(C21)N3C)OCO4. The Bertz CT molecular complexity index is 2130. The molecule has 2 saturated heterocycles. The van der Waals surface area contributed by atoms with Gasteiger partial charge in [0.15, 0.2) is 40.0 Å². The number of aryl methyl sites for hydroxylation is 1. The van der Waals surface area contributed by atoms with Crippen LogP contribution in [-0.2, 0) is 32.7 Å². The van der Waals surface area contributed by atoms with Gasteiger partial charge in [-0.3, -0.25) is 19.9 Å². The summed E-state index contributed by atoms with van der Waals surface area (Å²) in [6.07, 6.45) is 1.30. The fraction of sp³-hybridized carbons (Fsp3) is 0.500. The molecule has 3 N–H and O–H groups in total. The van der Waals surface area contributed by atoms with Crippen LogP contribution >= 0.6 is 11.8 Å². The standard InChI is InChI=1S/C40H45N3O10S/c1-17-10-22-11-24-19(3)43-25-14-50-39(47)40(23-13-27(48-6)26(45)12-21(23)8-9-41-40)15-54-38(32(43)31(42(24)5)28(22)33(46)34(17)49-7)30-29(25)37-36(51-16-52-37)18(2)35(30)53-20(4)44/h10,12-13,19,24-25,31-32,38,41,45-46H,8-9,11,14-16H2,1-7H3. The summed E-state index contributed by atoms with van der Waals surface area (Å²) < 4.78 is 36.3. The van der Waals surface area contributed by atoms with Gasteiger partial charge in [0, 0.05) is 59.6 Å². The Morgan fingerprint density at radius 3 is 2.54 bits per heavy atom. The highest BCUT2D eigenvalue weighted by atomic mass is 32.2. The Morgan fingerprint density at radius 1 is 1.02 bits per heavy atom. The molecular formula is C40H45N3O10S. The maximum Gasteiger partial charge on any atom is 0.331 e. The second-order valence-electron chi connectivity index (χ2n) is 15.3. The summed E-state index contributed by atoms with van der Waals surface area (Å²) >= 11 is 1.58. The van der Waals surface area contributed by atoms with Crippen molar-refractivity contribution in [3.63, 3.8) is 0 Å². The van der Waals surface area contributed by atoms with E-state index in [1.165, 1.54) is 14.0 Å². The van der Waals surface area contributed by atoms with Crippen LogP contribution in [0.4, 0.5) is 0 Å². The summed E-state index contributed by atoms with van der Waals surface area (Å²) in [4.78, 5) is 32.5. The smallest absolute Gasteiger partial charge is 0.331 e. The highest BCUT2D eigenvalue weighted by Crippen LogP contribution is 2.64. The maximum atomic E-state index is 14.7. The molecule has 286 valence electrons. The molecule has 0 amide bonds. The third-order valence-electron chi connectivity index (χ3n) is 12.6. The van der Waals surface area contributed by atoms with E-state index in [4.69, 9.17) is 28.4 Å². The van der Waals surface area contributed by atoms with Crippen LogP contribution in [0.1, 0.15) is 75.7 Å². The summed E-state index contributed by atoms with van der Waals surface area (Å²) in [5.41, 5.74) is 5.19. The van der Waals surface area contributed by atoms with Crippen molar-refractivity contribution in [2.24, 2.45) is 0 Å². The Morgan fingerprint density at radius 2 is 1.80 bits per heavy atom. The minimum absolute atomic E-state index is 0.00229. The number of fused-ring (bicyclic) bond motifs is 9. The molecule has 7 aliphatic heterocycles. The highest BCUT2D eigenvalue weighted by Gasteiger charge is 2.60. The second-order valence-corrected chi connectivity index (χ2v) is 16.4. The van der Waals surface area contributed by atoms with Gasteiger partial charge in [-0.1, -0.05) is 6.07 Å². The van der Waals surface area contributed by atoms with E-state index in [9.17, 15) is 19.8 Å². The number of likely N-dealkylation sites (N-methyl/N-ethyl adjacent to an activating group) is 1. The molecule has 3 aromatic rings. The number of methoxy groups -OCH3 is 2. The van der Waals surface area contributed by atoms with Crippen LogP contribution < -0.4 is 29.0 Å². The van der Waals surface area contributed by atoms with Gasteiger partial charge in [0.1, 0.15) is 12.4 Å². The van der Waals surface area contributed by atoms with Crippen LogP contribution in [0.2, 0.25) is 0 Å². The van der Waals surface area contributed by atoms with Crippen molar-refractivity contribution in [1.82, 2.24) is 15.1 Å². The monoisotopic (exact) mass is 759 g/mol. The molecule has 7 atom stereocenters. The third kappa shape index (κ3) is 4.75. The molecule has 54 heavy (non-hydrogen) atoms. The zero-order valence-corrected chi connectivity index (χ0v) is 32.2. The number of phenolic OH excluding ortho intramolecular Hbond substituents is 2. The minimum Gasteiger partial charge on any atom is -0.504 e. The largest absolute Gasteiger partial charge is 0.504 e. The first-order valence-corrected chi connectivity index (χ1v) is 19.4. The van der Waals surface area contributed by atoms with Gasteiger partial charge in [-0.2, -0.15) is 0 Å². The van der Waals surface area contributed by atoms with Crippen molar-refractivity contribution in [3.05, 3.63) is 62.7 Å². The van der Waals surface area contributed by atoms with E-state index >= 15 is 0 Å². The van der Waals surface area contributed by atoms with Crippen molar-refractivity contribution in [2.45, 2.75) is 81.5 Å². The zero-order chi connectivity index (χ0) is 38.0. The van der Waals surface area contributed by atoms with Crippen LogP contribution in [0.25, 0.3) is 0 Å². The average molecular weight is 760 g/mol. The van der Waals surface area contributed by atoms with Gasteiger partial charge in [-0.05, 0) is 75.0 Å².